The molecule has 1 heterocycles. The Bertz CT molecular complexity index is 351. The van der Waals surface area contributed by atoms with Crippen LogP contribution >= 0.6 is 0 Å². The normalized spacial score (nSPS) is 24.8. The summed E-state index contributed by atoms with van der Waals surface area (Å²) < 4.78 is 0. The van der Waals surface area contributed by atoms with E-state index < -0.39 is 0 Å². The Morgan fingerprint density at radius 1 is 1.41 bits per heavy atom. The predicted octanol–water partition coefficient (Wildman–Crippen LogP) is 2.88. The SMILES string of the molecule is CCNCc1ccnc(C2CCCC(C)C2)n1. The van der Waals surface area contributed by atoms with Crippen LogP contribution in [0.2, 0.25) is 0 Å². The minimum atomic E-state index is 0.584. The summed E-state index contributed by atoms with van der Waals surface area (Å²) >= 11 is 0. The molecular formula is C14H23N3. The van der Waals surface area contributed by atoms with Crippen LogP contribution in [0.1, 0.15) is 57.0 Å². The maximum atomic E-state index is 4.69. The predicted molar refractivity (Wildman–Crippen MR) is 69.8 cm³/mol. The number of aromatic nitrogens is 2. The van der Waals surface area contributed by atoms with Gasteiger partial charge in [-0.05, 0) is 31.4 Å². The van der Waals surface area contributed by atoms with Gasteiger partial charge in [-0.25, -0.2) is 9.97 Å². The summed E-state index contributed by atoms with van der Waals surface area (Å²) in [5, 5.41) is 3.31. The van der Waals surface area contributed by atoms with Gasteiger partial charge in [0.25, 0.3) is 0 Å². The third kappa shape index (κ3) is 3.50. The minimum absolute atomic E-state index is 0.584. The van der Waals surface area contributed by atoms with Crippen LogP contribution < -0.4 is 5.32 Å². The molecule has 1 aromatic rings. The van der Waals surface area contributed by atoms with E-state index in [0.717, 1.165) is 30.5 Å². The lowest BCUT2D eigenvalue weighted by atomic mass is 9.82. The zero-order valence-electron chi connectivity index (χ0n) is 10.9. The van der Waals surface area contributed by atoms with E-state index in [1.807, 2.05) is 12.3 Å². The van der Waals surface area contributed by atoms with E-state index in [9.17, 15) is 0 Å². The molecule has 0 radical (unpaired) electrons. The van der Waals surface area contributed by atoms with Crippen LogP contribution in [0.15, 0.2) is 12.3 Å². The summed E-state index contributed by atoms with van der Waals surface area (Å²) in [6.07, 6.45) is 7.12. The van der Waals surface area contributed by atoms with Gasteiger partial charge >= 0.3 is 0 Å². The van der Waals surface area contributed by atoms with Crippen molar-refractivity contribution in [1.29, 1.82) is 0 Å². The standard InChI is InChI=1S/C14H23N3/c1-3-15-10-13-7-8-16-14(17-13)12-6-4-5-11(2)9-12/h7-8,11-12,15H,3-6,9-10H2,1-2H3. The smallest absolute Gasteiger partial charge is 0.131 e. The lowest BCUT2D eigenvalue weighted by molar-refractivity contribution is 0.334. The highest BCUT2D eigenvalue weighted by Crippen LogP contribution is 2.34. The first-order valence-electron chi connectivity index (χ1n) is 6.82. The summed E-state index contributed by atoms with van der Waals surface area (Å²) in [6.45, 7) is 6.30. The van der Waals surface area contributed by atoms with E-state index in [2.05, 4.69) is 24.1 Å². The zero-order valence-corrected chi connectivity index (χ0v) is 10.9. The second kappa shape index (κ2) is 6.10. The molecule has 1 aromatic heterocycles. The lowest BCUT2D eigenvalue weighted by Gasteiger charge is -2.25. The van der Waals surface area contributed by atoms with Crippen molar-refractivity contribution < 1.29 is 0 Å². The van der Waals surface area contributed by atoms with Gasteiger partial charge < -0.3 is 5.32 Å². The lowest BCUT2D eigenvalue weighted by Crippen LogP contribution is -2.17. The highest BCUT2D eigenvalue weighted by molar-refractivity contribution is 5.06. The summed E-state index contributed by atoms with van der Waals surface area (Å²) in [4.78, 5) is 9.16. The second-order valence-corrected chi connectivity index (χ2v) is 5.16. The summed E-state index contributed by atoms with van der Waals surface area (Å²) in [5.74, 6) is 2.47. The number of hydrogen-bond acceptors (Lipinski definition) is 3. The topological polar surface area (TPSA) is 37.8 Å². The molecule has 2 rings (SSSR count). The van der Waals surface area contributed by atoms with E-state index in [-0.39, 0.29) is 0 Å². The Morgan fingerprint density at radius 3 is 3.06 bits per heavy atom. The Labute approximate surface area is 104 Å². The third-order valence-electron chi connectivity index (χ3n) is 3.59. The molecule has 0 aliphatic heterocycles. The molecule has 1 fully saturated rings. The number of nitrogens with zero attached hydrogens (tertiary/aromatic N) is 2. The monoisotopic (exact) mass is 233 g/mol. The summed E-state index contributed by atoms with van der Waals surface area (Å²) in [6, 6.07) is 2.01. The van der Waals surface area contributed by atoms with E-state index in [4.69, 9.17) is 4.98 Å². The first kappa shape index (κ1) is 12.5. The quantitative estimate of drug-likeness (QED) is 0.869. The van der Waals surface area contributed by atoms with Gasteiger partial charge in [-0.1, -0.05) is 26.7 Å². The fourth-order valence-corrected chi connectivity index (χ4v) is 2.63. The van der Waals surface area contributed by atoms with Crippen LogP contribution in [0.5, 0.6) is 0 Å². The van der Waals surface area contributed by atoms with Gasteiger partial charge in [-0.15, -0.1) is 0 Å². The Kier molecular flexibility index (Phi) is 4.49. The van der Waals surface area contributed by atoms with Crippen LogP contribution in [-0.4, -0.2) is 16.5 Å². The highest BCUT2D eigenvalue weighted by Gasteiger charge is 2.22. The number of rotatable bonds is 4. The van der Waals surface area contributed by atoms with Crippen LogP contribution in [0.4, 0.5) is 0 Å². The number of hydrogen-bond donors (Lipinski definition) is 1. The second-order valence-electron chi connectivity index (χ2n) is 5.16. The maximum absolute atomic E-state index is 4.69. The molecular weight excluding hydrogens is 210 g/mol. The van der Waals surface area contributed by atoms with Crippen LogP contribution in [0.3, 0.4) is 0 Å². The fraction of sp³-hybridized carbons (Fsp3) is 0.714. The van der Waals surface area contributed by atoms with Crippen molar-refractivity contribution >= 4 is 0 Å². The Hall–Kier alpha value is -0.960. The van der Waals surface area contributed by atoms with Gasteiger partial charge in [0.2, 0.25) is 0 Å². The third-order valence-corrected chi connectivity index (χ3v) is 3.59. The van der Waals surface area contributed by atoms with Crippen molar-refractivity contribution in [2.24, 2.45) is 5.92 Å². The molecule has 2 atom stereocenters. The van der Waals surface area contributed by atoms with Gasteiger partial charge in [0.05, 0.1) is 5.69 Å². The van der Waals surface area contributed by atoms with Crippen molar-refractivity contribution in [3.8, 4) is 0 Å². The van der Waals surface area contributed by atoms with Crippen molar-refractivity contribution in [2.45, 2.75) is 52.0 Å². The molecule has 3 nitrogen and oxygen atoms in total. The largest absolute Gasteiger partial charge is 0.311 e. The van der Waals surface area contributed by atoms with Gasteiger partial charge in [0.1, 0.15) is 5.82 Å². The molecule has 0 amide bonds. The molecule has 1 N–H and O–H groups in total. The molecule has 2 unspecified atom stereocenters. The average Bonchev–Trinajstić information content (AvgIpc) is 2.37. The van der Waals surface area contributed by atoms with Gasteiger partial charge in [-0.2, -0.15) is 0 Å². The molecule has 0 bridgehead atoms. The van der Waals surface area contributed by atoms with Crippen molar-refractivity contribution in [1.82, 2.24) is 15.3 Å². The van der Waals surface area contributed by atoms with E-state index in [1.54, 1.807) is 0 Å². The van der Waals surface area contributed by atoms with Gasteiger partial charge in [0.15, 0.2) is 0 Å². The van der Waals surface area contributed by atoms with Crippen molar-refractivity contribution in [3.63, 3.8) is 0 Å². The van der Waals surface area contributed by atoms with Crippen LogP contribution in [0.25, 0.3) is 0 Å². The van der Waals surface area contributed by atoms with Gasteiger partial charge in [-0.3, -0.25) is 0 Å². The maximum Gasteiger partial charge on any atom is 0.131 e. The highest BCUT2D eigenvalue weighted by atomic mass is 14.9. The molecule has 94 valence electrons. The number of nitrogens with one attached hydrogen (secondary N) is 1. The molecule has 17 heavy (non-hydrogen) atoms. The van der Waals surface area contributed by atoms with E-state index in [0.29, 0.717) is 5.92 Å². The minimum Gasteiger partial charge on any atom is -0.311 e. The van der Waals surface area contributed by atoms with Crippen molar-refractivity contribution in [3.05, 3.63) is 23.8 Å². The molecule has 1 saturated carbocycles. The first-order valence-corrected chi connectivity index (χ1v) is 6.82. The van der Waals surface area contributed by atoms with Crippen molar-refractivity contribution in [2.75, 3.05) is 6.54 Å². The fourth-order valence-electron chi connectivity index (χ4n) is 2.63. The summed E-state index contributed by atoms with van der Waals surface area (Å²) in [7, 11) is 0. The molecule has 3 heteroatoms. The average molecular weight is 233 g/mol. The zero-order chi connectivity index (χ0) is 12.1. The van der Waals surface area contributed by atoms with Crippen LogP contribution in [0, 0.1) is 5.92 Å². The summed E-state index contributed by atoms with van der Waals surface area (Å²) in [5.41, 5.74) is 1.12. The Balaban J connectivity index is 2.04. The molecule has 1 aliphatic rings. The van der Waals surface area contributed by atoms with E-state index >= 15 is 0 Å². The van der Waals surface area contributed by atoms with E-state index in [1.165, 1.54) is 25.7 Å². The molecule has 0 aromatic carbocycles. The Morgan fingerprint density at radius 2 is 2.29 bits per heavy atom. The molecule has 0 saturated heterocycles. The first-order chi connectivity index (χ1) is 8.29. The van der Waals surface area contributed by atoms with Gasteiger partial charge in [0, 0.05) is 18.7 Å². The van der Waals surface area contributed by atoms with Crippen LogP contribution in [-0.2, 0) is 6.54 Å². The molecule has 1 aliphatic carbocycles. The molecule has 0 spiro atoms.